The van der Waals surface area contributed by atoms with Crippen LogP contribution in [-0.2, 0) is 0 Å². The molecule has 4 rings (SSSR count). The summed E-state index contributed by atoms with van der Waals surface area (Å²) in [5, 5.41) is 8.85. The predicted molar refractivity (Wildman–Crippen MR) is 128 cm³/mol. The first-order valence-corrected chi connectivity index (χ1v) is 10.1. The summed E-state index contributed by atoms with van der Waals surface area (Å²) in [6.07, 6.45) is 3.47. The fraction of sp³-hybridized carbons (Fsp3) is 0.0833. The van der Waals surface area contributed by atoms with Crippen molar-refractivity contribution >= 4 is 23.1 Å². The van der Waals surface area contributed by atoms with Gasteiger partial charge < -0.3 is 0 Å². The van der Waals surface area contributed by atoms with E-state index in [2.05, 4.69) is 41.0 Å². The number of nitrogens with zero attached hydrogens (tertiary/aromatic N) is 6. The van der Waals surface area contributed by atoms with Crippen molar-refractivity contribution in [3.8, 4) is 11.4 Å². The van der Waals surface area contributed by atoms with Crippen LogP contribution in [0.25, 0.3) is 11.4 Å². The van der Waals surface area contributed by atoms with E-state index in [-0.39, 0.29) is 0 Å². The van der Waals surface area contributed by atoms with Crippen molar-refractivity contribution in [2.24, 2.45) is 10.2 Å². The van der Waals surface area contributed by atoms with Crippen molar-refractivity contribution in [1.82, 2.24) is 19.9 Å². The van der Waals surface area contributed by atoms with Crippen molar-refractivity contribution < 1.29 is 0 Å². The lowest BCUT2D eigenvalue weighted by Gasteiger charge is -2.09. The second-order valence-corrected chi connectivity index (χ2v) is 6.88. The van der Waals surface area contributed by atoms with Gasteiger partial charge in [0.2, 0.25) is 0 Å². The summed E-state index contributed by atoms with van der Waals surface area (Å²) in [5.41, 5.74) is 9.95. The Balaban J connectivity index is 1.62. The Bertz CT molecular complexity index is 1150. The number of aromatic nitrogens is 4. The van der Waals surface area contributed by atoms with Gasteiger partial charge in [-0.15, -0.1) is 0 Å². The summed E-state index contributed by atoms with van der Waals surface area (Å²) in [5.74, 6) is 1.61. The first kappa shape index (κ1) is 20.8. The second kappa shape index (κ2) is 10.0. The van der Waals surface area contributed by atoms with Gasteiger partial charge >= 0.3 is 0 Å². The van der Waals surface area contributed by atoms with E-state index in [9.17, 15) is 0 Å². The Kier molecular flexibility index (Phi) is 6.52. The van der Waals surface area contributed by atoms with Crippen molar-refractivity contribution in [1.29, 1.82) is 0 Å². The van der Waals surface area contributed by atoms with Gasteiger partial charge in [-0.2, -0.15) is 10.2 Å². The average Bonchev–Trinajstić information content (AvgIpc) is 2.87. The maximum Gasteiger partial charge on any atom is 0.163 e. The molecule has 0 aliphatic heterocycles. The Morgan fingerprint density at radius 1 is 0.656 bits per heavy atom. The summed E-state index contributed by atoms with van der Waals surface area (Å²) >= 11 is 0. The number of hydrogen-bond donors (Lipinski definition) is 2. The van der Waals surface area contributed by atoms with Gasteiger partial charge in [0.1, 0.15) is 0 Å². The highest BCUT2D eigenvalue weighted by Gasteiger charge is 2.08. The van der Waals surface area contributed by atoms with Crippen molar-refractivity contribution in [3.63, 3.8) is 0 Å². The third kappa shape index (κ3) is 5.37. The van der Waals surface area contributed by atoms with Crippen LogP contribution in [0, 0.1) is 0 Å². The van der Waals surface area contributed by atoms with Gasteiger partial charge in [0, 0.05) is 24.0 Å². The molecule has 0 unspecified atom stereocenters. The van der Waals surface area contributed by atoms with E-state index in [0.717, 1.165) is 28.4 Å². The number of anilines is 2. The van der Waals surface area contributed by atoms with Crippen LogP contribution in [0.4, 0.5) is 11.6 Å². The SMILES string of the molecule is C/C(=N\Nc1cc(N/N=C(\C)c2ccccn2)nc(-c2ccccc2)n1)c1ccccn1. The first-order chi connectivity index (χ1) is 15.7. The molecule has 1 aromatic carbocycles. The minimum atomic E-state index is 0.530. The highest BCUT2D eigenvalue weighted by atomic mass is 15.3. The molecule has 3 heterocycles. The highest BCUT2D eigenvalue weighted by Crippen LogP contribution is 2.20. The van der Waals surface area contributed by atoms with Gasteiger partial charge in [-0.3, -0.25) is 20.8 Å². The van der Waals surface area contributed by atoms with Crippen molar-refractivity contribution in [2.75, 3.05) is 10.9 Å². The summed E-state index contributed by atoms with van der Waals surface area (Å²) in [4.78, 5) is 17.8. The molecule has 0 fully saturated rings. The molecule has 2 N–H and O–H groups in total. The lowest BCUT2D eigenvalue weighted by molar-refractivity contribution is 1.12. The lowest BCUT2D eigenvalue weighted by atomic mass is 10.2. The molecule has 8 heteroatoms. The molecule has 8 nitrogen and oxygen atoms in total. The standard InChI is InChI=1S/C24H22N8/c1-17(20-12-6-8-14-25-20)29-31-22-16-23(28-24(27-22)19-10-4-3-5-11-19)32-30-18(2)21-13-7-9-15-26-21/h3-16H,1-2H3,(H2,27,28,31,32)/b29-17+,30-18+. The Labute approximate surface area is 186 Å². The largest absolute Gasteiger partial charge is 0.261 e. The smallest absolute Gasteiger partial charge is 0.163 e. The first-order valence-electron chi connectivity index (χ1n) is 10.1. The molecule has 0 aliphatic carbocycles. The number of hydrogen-bond acceptors (Lipinski definition) is 8. The van der Waals surface area contributed by atoms with Crippen LogP contribution in [0.1, 0.15) is 25.2 Å². The zero-order valence-corrected chi connectivity index (χ0v) is 17.8. The van der Waals surface area contributed by atoms with Gasteiger partial charge in [-0.25, -0.2) is 9.97 Å². The molecule has 3 aromatic heterocycles. The molecule has 0 amide bonds. The molecule has 0 bridgehead atoms. The summed E-state index contributed by atoms with van der Waals surface area (Å²) in [6.45, 7) is 3.77. The van der Waals surface area contributed by atoms with E-state index >= 15 is 0 Å². The molecule has 158 valence electrons. The molecule has 0 radical (unpaired) electrons. The van der Waals surface area contributed by atoms with Crippen LogP contribution in [0.3, 0.4) is 0 Å². The Morgan fingerprint density at radius 2 is 1.16 bits per heavy atom. The third-order valence-corrected chi connectivity index (χ3v) is 4.51. The quantitative estimate of drug-likeness (QED) is 0.333. The zero-order chi connectivity index (χ0) is 22.2. The molecular weight excluding hydrogens is 400 g/mol. The summed E-state index contributed by atoms with van der Waals surface area (Å²) < 4.78 is 0. The predicted octanol–water partition coefficient (Wildman–Crippen LogP) is 4.61. The number of benzene rings is 1. The molecule has 0 saturated heterocycles. The van der Waals surface area contributed by atoms with Gasteiger partial charge in [-0.1, -0.05) is 42.5 Å². The van der Waals surface area contributed by atoms with Crippen LogP contribution < -0.4 is 10.9 Å². The van der Waals surface area contributed by atoms with Gasteiger partial charge in [-0.05, 0) is 38.1 Å². The monoisotopic (exact) mass is 422 g/mol. The Hall–Kier alpha value is -4.46. The van der Waals surface area contributed by atoms with Crippen LogP contribution in [0.15, 0.2) is 95.4 Å². The van der Waals surface area contributed by atoms with Crippen molar-refractivity contribution in [2.45, 2.75) is 13.8 Å². The Morgan fingerprint density at radius 3 is 1.62 bits per heavy atom. The van der Waals surface area contributed by atoms with E-state index in [1.807, 2.05) is 80.6 Å². The fourth-order valence-electron chi connectivity index (χ4n) is 2.83. The van der Waals surface area contributed by atoms with E-state index < -0.39 is 0 Å². The number of pyridine rings is 2. The molecule has 0 aliphatic rings. The van der Waals surface area contributed by atoms with Crippen molar-refractivity contribution in [3.05, 3.63) is 96.6 Å². The third-order valence-electron chi connectivity index (χ3n) is 4.51. The molecular formula is C24H22N8. The number of rotatable bonds is 7. The van der Waals surface area contributed by atoms with Crippen LogP contribution in [0.2, 0.25) is 0 Å². The maximum absolute atomic E-state index is 4.60. The number of hydrazone groups is 2. The van der Waals surface area contributed by atoms with Crippen LogP contribution in [0.5, 0.6) is 0 Å². The van der Waals surface area contributed by atoms with Crippen LogP contribution >= 0.6 is 0 Å². The minimum Gasteiger partial charge on any atom is -0.261 e. The van der Waals surface area contributed by atoms with E-state index in [1.54, 1.807) is 18.5 Å². The summed E-state index contributed by atoms with van der Waals surface area (Å²) in [6, 6.07) is 22.9. The summed E-state index contributed by atoms with van der Waals surface area (Å²) in [7, 11) is 0. The number of nitrogens with one attached hydrogen (secondary N) is 2. The highest BCUT2D eigenvalue weighted by molar-refractivity contribution is 5.97. The average molecular weight is 422 g/mol. The van der Waals surface area contributed by atoms with Crippen LogP contribution in [-0.4, -0.2) is 31.4 Å². The van der Waals surface area contributed by atoms with Gasteiger partial charge in [0.25, 0.3) is 0 Å². The molecule has 0 saturated carbocycles. The maximum atomic E-state index is 4.60. The molecule has 32 heavy (non-hydrogen) atoms. The zero-order valence-electron chi connectivity index (χ0n) is 17.8. The normalized spacial score (nSPS) is 11.8. The minimum absolute atomic E-state index is 0.530. The topological polar surface area (TPSA) is 100 Å². The van der Waals surface area contributed by atoms with E-state index in [0.29, 0.717) is 17.5 Å². The van der Waals surface area contributed by atoms with Gasteiger partial charge in [0.15, 0.2) is 17.5 Å². The second-order valence-electron chi connectivity index (χ2n) is 6.88. The lowest BCUT2D eigenvalue weighted by Crippen LogP contribution is -2.06. The van der Waals surface area contributed by atoms with Gasteiger partial charge in [0.05, 0.1) is 22.8 Å². The van der Waals surface area contributed by atoms with E-state index in [1.165, 1.54) is 0 Å². The molecule has 4 aromatic rings. The fourth-order valence-corrected chi connectivity index (χ4v) is 2.83. The molecule has 0 spiro atoms. The van der Waals surface area contributed by atoms with E-state index in [4.69, 9.17) is 0 Å². The molecule has 0 atom stereocenters.